The second kappa shape index (κ2) is 9.07. The maximum atomic E-state index is 12.9. The number of anilines is 1. The Hall–Kier alpha value is -3.55. The molecule has 0 spiro atoms. The first-order valence-electron chi connectivity index (χ1n) is 10.3. The fraction of sp³-hybridized carbons (Fsp3) is 0.348. The fourth-order valence-corrected chi connectivity index (χ4v) is 3.85. The quantitative estimate of drug-likeness (QED) is 0.647. The van der Waals surface area contributed by atoms with E-state index in [0.29, 0.717) is 28.5 Å². The van der Waals surface area contributed by atoms with Crippen LogP contribution in [-0.4, -0.2) is 42.0 Å². The highest BCUT2D eigenvalue weighted by Crippen LogP contribution is 2.38. The summed E-state index contributed by atoms with van der Waals surface area (Å²) in [5.74, 6) is 2.87. The van der Waals surface area contributed by atoms with Crippen LogP contribution in [-0.2, 0) is 13.0 Å². The number of methoxy groups -OCH3 is 3. The summed E-state index contributed by atoms with van der Waals surface area (Å²) >= 11 is 0. The van der Waals surface area contributed by atoms with Gasteiger partial charge in [-0.2, -0.15) is 0 Å². The smallest absolute Gasteiger partial charge is 0.255 e. The monoisotopic (exact) mass is 422 g/mol. The standard InChI is InChI=1S/C23H26N4O4/c1-29-18-13-16(14-19(30-2)21(18)31-3)23(28)24-17-9-7-8-15(12-17)22-26-25-20-10-5-4-6-11-27(20)22/h7-9,12-14H,4-6,10-11H2,1-3H3,(H,24,28). The summed E-state index contributed by atoms with van der Waals surface area (Å²) in [6, 6.07) is 10.9. The molecule has 0 fully saturated rings. The number of aromatic nitrogens is 3. The topological polar surface area (TPSA) is 87.5 Å². The van der Waals surface area contributed by atoms with Crippen molar-refractivity contribution in [3.05, 3.63) is 47.8 Å². The highest BCUT2D eigenvalue weighted by atomic mass is 16.5. The first-order valence-corrected chi connectivity index (χ1v) is 10.3. The van der Waals surface area contributed by atoms with E-state index in [1.165, 1.54) is 27.8 Å². The molecule has 3 aromatic rings. The van der Waals surface area contributed by atoms with Crippen LogP contribution in [0.4, 0.5) is 5.69 Å². The molecule has 1 amide bonds. The van der Waals surface area contributed by atoms with Crippen molar-refractivity contribution < 1.29 is 19.0 Å². The molecule has 1 aromatic heterocycles. The van der Waals surface area contributed by atoms with Gasteiger partial charge in [0.1, 0.15) is 5.82 Å². The number of nitrogens with zero attached hydrogens (tertiary/aromatic N) is 3. The van der Waals surface area contributed by atoms with Crippen molar-refractivity contribution in [3.8, 4) is 28.6 Å². The predicted molar refractivity (Wildman–Crippen MR) is 117 cm³/mol. The van der Waals surface area contributed by atoms with Gasteiger partial charge in [-0.05, 0) is 37.1 Å². The van der Waals surface area contributed by atoms with Crippen molar-refractivity contribution in [1.29, 1.82) is 0 Å². The van der Waals surface area contributed by atoms with Crippen LogP contribution in [0.5, 0.6) is 17.2 Å². The SMILES string of the molecule is COc1cc(C(=O)Nc2cccc(-c3nnc4n3CCCCC4)c2)cc(OC)c1OC. The second-order valence-corrected chi connectivity index (χ2v) is 7.35. The molecule has 0 atom stereocenters. The lowest BCUT2D eigenvalue weighted by Gasteiger charge is -2.14. The summed E-state index contributed by atoms with van der Waals surface area (Å²) in [5, 5.41) is 11.7. The summed E-state index contributed by atoms with van der Waals surface area (Å²) in [5.41, 5.74) is 1.99. The number of fused-ring (bicyclic) bond motifs is 1. The van der Waals surface area contributed by atoms with Gasteiger partial charge >= 0.3 is 0 Å². The number of ether oxygens (including phenoxy) is 3. The van der Waals surface area contributed by atoms with Gasteiger partial charge in [-0.1, -0.05) is 18.6 Å². The molecule has 1 aliphatic heterocycles. The van der Waals surface area contributed by atoms with Crippen molar-refractivity contribution >= 4 is 11.6 Å². The summed E-state index contributed by atoms with van der Waals surface area (Å²) in [7, 11) is 4.56. The predicted octanol–water partition coefficient (Wildman–Crippen LogP) is 3.95. The van der Waals surface area contributed by atoms with E-state index in [-0.39, 0.29) is 5.91 Å². The molecule has 8 nitrogen and oxygen atoms in total. The molecule has 2 heterocycles. The Balaban J connectivity index is 1.60. The largest absolute Gasteiger partial charge is 0.493 e. The Labute approximate surface area is 181 Å². The van der Waals surface area contributed by atoms with Gasteiger partial charge in [-0.3, -0.25) is 4.79 Å². The molecule has 162 valence electrons. The Morgan fingerprint density at radius 3 is 2.45 bits per heavy atom. The molecular formula is C23H26N4O4. The summed E-state index contributed by atoms with van der Waals surface area (Å²) in [6.07, 6.45) is 4.41. The number of aryl methyl sites for hydroxylation is 1. The van der Waals surface area contributed by atoms with E-state index in [0.717, 1.165) is 43.0 Å². The van der Waals surface area contributed by atoms with Crippen LogP contribution in [0.25, 0.3) is 11.4 Å². The molecular weight excluding hydrogens is 396 g/mol. The van der Waals surface area contributed by atoms with Gasteiger partial charge in [0.25, 0.3) is 5.91 Å². The number of hydrogen-bond donors (Lipinski definition) is 1. The lowest BCUT2D eigenvalue weighted by atomic mass is 10.1. The minimum absolute atomic E-state index is 0.281. The maximum absolute atomic E-state index is 12.9. The van der Waals surface area contributed by atoms with Crippen molar-refractivity contribution in [1.82, 2.24) is 14.8 Å². The van der Waals surface area contributed by atoms with Crippen molar-refractivity contribution in [3.63, 3.8) is 0 Å². The average Bonchev–Trinajstić information content (AvgIpc) is 3.06. The lowest BCUT2D eigenvalue weighted by Crippen LogP contribution is -2.13. The third-order valence-electron chi connectivity index (χ3n) is 5.42. The first-order chi connectivity index (χ1) is 15.1. The van der Waals surface area contributed by atoms with Gasteiger partial charge in [-0.15, -0.1) is 10.2 Å². The molecule has 0 bridgehead atoms. The summed E-state index contributed by atoms with van der Waals surface area (Å²) < 4.78 is 18.2. The van der Waals surface area contributed by atoms with Gasteiger partial charge in [0.05, 0.1) is 21.3 Å². The van der Waals surface area contributed by atoms with Crippen LogP contribution >= 0.6 is 0 Å². The molecule has 0 saturated carbocycles. The molecule has 1 aliphatic rings. The van der Waals surface area contributed by atoms with Crippen LogP contribution in [0, 0.1) is 0 Å². The zero-order valence-electron chi connectivity index (χ0n) is 18.0. The van der Waals surface area contributed by atoms with Crippen LogP contribution in [0.1, 0.15) is 35.4 Å². The molecule has 4 rings (SSSR count). The molecule has 31 heavy (non-hydrogen) atoms. The number of nitrogens with one attached hydrogen (secondary N) is 1. The Kier molecular flexibility index (Phi) is 6.06. The van der Waals surface area contributed by atoms with E-state index in [9.17, 15) is 4.79 Å². The van der Waals surface area contributed by atoms with E-state index in [1.807, 2.05) is 24.3 Å². The third-order valence-corrected chi connectivity index (χ3v) is 5.42. The van der Waals surface area contributed by atoms with E-state index < -0.39 is 0 Å². The Morgan fingerprint density at radius 2 is 1.74 bits per heavy atom. The molecule has 8 heteroatoms. The Morgan fingerprint density at radius 1 is 0.968 bits per heavy atom. The van der Waals surface area contributed by atoms with Crippen LogP contribution in [0.3, 0.4) is 0 Å². The molecule has 1 N–H and O–H groups in total. The van der Waals surface area contributed by atoms with Crippen LogP contribution < -0.4 is 19.5 Å². The zero-order valence-corrected chi connectivity index (χ0v) is 18.0. The van der Waals surface area contributed by atoms with Crippen molar-refractivity contribution in [2.75, 3.05) is 26.6 Å². The highest BCUT2D eigenvalue weighted by molar-refractivity contribution is 6.05. The number of hydrogen-bond acceptors (Lipinski definition) is 6. The van der Waals surface area contributed by atoms with Gasteiger partial charge in [0.15, 0.2) is 17.3 Å². The van der Waals surface area contributed by atoms with Crippen molar-refractivity contribution in [2.24, 2.45) is 0 Å². The Bertz CT molecular complexity index is 1070. The van der Waals surface area contributed by atoms with E-state index in [1.54, 1.807) is 12.1 Å². The minimum Gasteiger partial charge on any atom is -0.493 e. The van der Waals surface area contributed by atoms with Crippen LogP contribution in [0.15, 0.2) is 36.4 Å². The van der Waals surface area contributed by atoms with E-state index in [4.69, 9.17) is 14.2 Å². The van der Waals surface area contributed by atoms with E-state index >= 15 is 0 Å². The number of carbonyl (C=O) groups is 1. The highest BCUT2D eigenvalue weighted by Gasteiger charge is 2.19. The lowest BCUT2D eigenvalue weighted by molar-refractivity contribution is 0.102. The first kappa shape index (κ1) is 20.7. The van der Waals surface area contributed by atoms with Crippen LogP contribution in [0.2, 0.25) is 0 Å². The third kappa shape index (κ3) is 4.19. The second-order valence-electron chi connectivity index (χ2n) is 7.35. The fourth-order valence-electron chi connectivity index (χ4n) is 3.85. The van der Waals surface area contributed by atoms with Gasteiger partial charge < -0.3 is 24.1 Å². The molecule has 0 saturated heterocycles. The average molecular weight is 422 g/mol. The molecule has 0 aliphatic carbocycles. The van der Waals surface area contributed by atoms with Gasteiger partial charge in [0.2, 0.25) is 5.75 Å². The normalized spacial score (nSPS) is 13.1. The zero-order chi connectivity index (χ0) is 21.8. The molecule has 2 aromatic carbocycles. The van der Waals surface area contributed by atoms with E-state index in [2.05, 4.69) is 20.1 Å². The molecule has 0 radical (unpaired) electrons. The van der Waals surface area contributed by atoms with Gasteiger partial charge in [0, 0.05) is 29.8 Å². The summed E-state index contributed by atoms with van der Waals surface area (Å²) in [4.78, 5) is 12.9. The van der Waals surface area contributed by atoms with Crippen molar-refractivity contribution in [2.45, 2.75) is 32.2 Å². The number of carbonyl (C=O) groups excluding carboxylic acids is 1. The van der Waals surface area contributed by atoms with Gasteiger partial charge in [-0.25, -0.2) is 0 Å². The molecule has 0 unspecified atom stereocenters. The number of benzene rings is 2. The summed E-state index contributed by atoms with van der Waals surface area (Å²) in [6.45, 7) is 0.916. The maximum Gasteiger partial charge on any atom is 0.255 e. The number of rotatable bonds is 6. The minimum atomic E-state index is -0.281. The number of amides is 1.